The molecule has 0 aromatic heterocycles. The van der Waals surface area contributed by atoms with Gasteiger partial charge in [-0.15, -0.1) is 0 Å². The Bertz CT molecular complexity index is 761. The summed E-state index contributed by atoms with van der Waals surface area (Å²) < 4.78 is 0. The van der Waals surface area contributed by atoms with Crippen molar-refractivity contribution in [3.05, 3.63) is 57.6 Å². The van der Waals surface area contributed by atoms with Crippen molar-refractivity contribution in [3.8, 4) is 5.75 Å². The minimum atomic E-state index is -0.364. The van der Waals surface area contributed by atoms with E-state index in [2.05, 4.69) is 5.32 Å². The third kappa shape index (κ3) is 3.67. The van der Waals surface area contributed by atoms with Crippen LogP contribution in [0.25, 0.3) is 0 Å². The number of phenolic OH excluding ortho intramolecular Hbond substituents is 1. The van der Waals surface area contributed by atoms with Crippen molar-refractivity contribution < 1.29 is 9.90 Å². The standard InChI is InChI=1S/C19H22ClNO2/c1-11-6-9-15(14(20)10-11)21-18(23)16-12(2)7-8-13(17(16)22)19(3,4)5/h6-10,22H,1-5H3,(H,21,23). The lowest BCUT2D eigenvalue weighted by Crippen LogP contribution is -2.18. The van der Waals surface area contributed by atoms with Gasteiger partial charge in [0.25, 0.3) is 5.91 Å². The van der Waals surface area contributed by atoms with E-state index in [1.807, 2.05) is 45.9 Å². The van der Waals surface area contributed by atoms with Crippen LogP contribution in [-0.4, -0.2) is 11.0 Å². The van der Waals surface area contributed by atoms with Gasteiger partial charge in [-0.2, -0.15) is 0 Å². The van der Waals surface area contributed by atoms with E-state index in [9.17, 15) is 9.90 Å². The van der Waals surface area contributed by atoms with Crippen molar-refractivity contribution >= 4 is 23.2 Å². The van der Waals surface area contributed by atoms with Gasteiger partial charge in [0.1, 0.15) is 5.75 Å². The van der Waals surface area contributed by atoms with Gasteiger partial charge in [-0.1, -0.05) is 50.6 Å². The molecule has 0 aliphatic heterocycles. The summed E-state index contributed by atoms with van der Waals surface area (Å²) in [6, 6.07) is 9.14. The van der Waals surface area contributed by atoms with Crippen LogP contribution in [0, 0.1) is 13.8 Å². The van der Waals surface area contributed by atoms with Crippen LogP contribution in [0.5, 0.6) is 5.75 Å². The number of nitrogens with one attached hydrogen (secondary N) is 1. The van der Waals surface area contributed by atoms with E-state index in [-0.39, 0.29) is 22.6 Å². The number of carbonyl (C=O) groups is 1. The fraction of sp³-hybridized carbons (Fsp3) is 0.316. The van der Waals surface area contributed by atoms with Crippen LogP contribution < -0.4 is 5.32 Å². The zero-order valence-corrected chi connectivity index (χ0v) is 14.9. The highest BCUT2D eigenvalue weighted by Crippen LogP contribution is 2.35. The fourth-order valence-corrected chi connectivity index (χ4v) is 2.77. The van der Waals surface area contributed by atoms with E-state index in [0.717, 1.165) is 16.7 Å². The molecule has 0 aliphatic carbocycles. The Morgan fingerprint density at radius 3 is 2.35 bits per heavy atom. The normalized spacial score (nSPS) is 11.4. The summed E-state index contributed by atoms with van der Waals surface area (Å²) in [7, 11) is 0. The first kappa shape index (κ1) is 17.4. The Labute approximate surface area is 142 Å². The third-order valence-corrected chi connectivity index (χ3v) is 4.11. The van der Waals surface area contributed by atoms with Crippen LogP contribution in [0.4, 0.5) is 5.69 Å². The molecule has 0 aliphatic rings. The number of rotatable bonds is 2. The van der Waals surface area contributed by atoms with E-state index in [1.165, 1.54) is 0 Å². The molecule has 0 radical (unpaired) electrons. The summed E-state index contributed by atoms with van der Waals surface area (Å²) in [6.07, 6.45) is 0. The fourth-order valence-electron chi connectivity index (χ4n) is 2.49. The quantitative estimate of drug-likeness (QED) is 0.793. The first-order valence-electron chi connectivity index (χ1n) is 7.52. The Kier molecular flexibility index (Phi) is 4.71. The first-order chi connectivity index (χ1) is 10.6. The molecule has 23 heavy (non-hydrogen) atoms. The van der Waals surface area contributed by atoms with E-state index < -0.39 is 0 Å². The largest absolute Gasteiger partial charge is 0.507 e. The minimum absolute atomic E-state index is 0.0261. The summed E-state index contributed by atoms with van der Waals surface area (Å²) in [5, 5.41) is 13.8. The Morgan fingerprint density at radius 1 is 1.13 bits per heavy atom. The zero-order valence-electron chi connectivity index (χ0n) is 14.1. The Morgan fingerprint density at radius 2 is 1.78 bits per heavy atom. The number of carbonyl (C=O) groups excluding carboxylic acids is 1. The van der Waals surface area contributed by atoms with Crippen molar-refractivity contribution in [2.45, 2.75) is 40.0 Å². The maximum absolute atomic E-state index is 12.6. The van der Waals surface area contributed by atoms with Crippen LogP contribution in [0.15, 0.2) is 30.3 Å². The number of benzene rings is 2. The molecule has 0 bridgehead atoms. The second kappa shape index (κ2) is 6.25. The van der Waals surface area contributed by atoms with Crippen LogP contribution in [0.1, 0.15) is 47.8 Å². The molecule has 3 nitrogen and oxygen atoms in total. The number of anilines is 1. The highest BCUT2D eigenvalue weighted by Gasteiger charge is 2.24. The number of hydrogen-bond donors (Lipinski definition) is 2. The zero-order chi connectivity index (χ0) is 17.4. The number of phenols is 1. The maximum Gasteiger partial charge on any atom is 0.259 e. The molecule has 0 saturated heterocycles. The van der Waals surface area contributed by atoms with Crippen molar-refractivity contribution in [1.29, 1.82) is 0 Å². The Hall–Kier alpha value is -2.00. The lowest BCUT2D eigenvalue weighted by Gasteiger charge is -2.22. The SMILES string of the molecule is Cc1ccc(NC(=O)c2c(C)ccc(C(C)(C)C)c2O)c(Cl)c1. The summed E-state index contributed by atoms with van der Waals surface area (Å²) in [4.78, 5) is 12.6. The molecule has 0 unspecified atom stereocenters. The number of amides is 1. The Balaban J connectivity index is 2.43. The topological polar surface area (TPSA) is 49.3 Å². The van der Waals surface area contributed by atoms with Gasteiger partial charge in [0.05, 0.1) is 16.3 Å². The number of aryl methyl sites for hydroxylation is 2. The molecule has 1 amide bonds. The van der Waals surface area contributed by atoms with Crippen molar-refractivity contribution in [2.24, 2.45) is 0 Å². The third-order valence-electron chi connectivity index (χ3n) is 3.79. The molecule has 0 saturated carbocycles. The number of hydrogen-bond acceptors (Lipinski definition) is 2. The van der Waals surface area contributed by atoms with Crippen LogP contribution in [0.2, 0.25) is 5.02 Å². The summed E-state index contributed by atoms with van der Waals surface area (Å²) in [5.74, 6) is -0.338. The van der Waals surface area contributed by atoms with Gasteiger partial charge in [0.15, 0.2) is 0 Å². The van der Waals surface area contributed by atoms with E-state index in [0.29, 0.717) is 10.7 Å². The molecule has 0 heterocycles. The van der Waals surface area contributed by atoms with Gasteiger partial charge in [0.2, 0.25) is 0 Å². The minimum Gasteiger partial charge on any atom is -0.507 e. The molecule has 2 aromatic carbocycles. The predicted molar refractivity (Wildman–Crippen MR) is 95.7 cm³/mol. The molecule has 2 aromatic rings. The molecule has 4 heteroatoms. The smallest absolute Gasteiger partial charge is 0.259 e. The van der Waals surface area contributed by atoms with Crippen molar-refractivity contribution in [3.63, 3.8) is 0 Å². The van der Waals surface area contributed by atoms with E-state index >= 15 is 0 Å². The number of halogens is 1. The van der Waals surface area contributed by atoms with E-state index in [4.69, 9.17) is 11.6 Å². The lowest BCUT2D eigenvalue weighted by atomic mass is 9.84. The van der Waals surface area contributed by atoms with Crippen LogP contribution >= 0.6 is 11.6 Å². The van der Waals surface area contributed by atoms with Gasteiger partial charge < -0.3 is 10.4 Å². The summed E-state index contributed by atoms with van der Waals surface area (Å²) in [5.41, 5.74) is 3.03. The molecular formula is C19H22ClNO2. The van der Waals surface area contributed by atoms with Crippen molar-refractivity contribution in [2.75, 3.05) is 5.32 Å². The van der Waals surface area contributed by atoms with Gasteiger partial charge >= 0.3 is 0 Å². The monoisotopic (exact) mass is 331 g/mol. The average molecular weight is 332 g/mol. The molecule has 2 N–H and O–H groups in total. The molecule has 2 rings (SSSR count). The van der Waals surface area contributed by atoms with Gasteiger partial charge in [0, 0.05) is 5.56 Å². The predicted octanol–water partition coefficient (Wildman–Crippen LogP) is 5.21. The van der Waals surface area contributed by atoms with Crippen molar-refractivity contribution in [1.82, 2.24) is 0 Å². The second-order valence-electron chi connectivity index (χ2n) is 6.84. The van der Waals surface area contributed by atoms with Gasteiger partial charge in [-0.3, -0.25) is 4.79 Å². The average Bonchev–Trinajstić information content (AvgIpc) is 2.40. The van der Waals surface area contributed by atoms with Crippen LogP contribution in [0.3, 0.4) is 0 Å². The summed E-state index contributed by atoms with van der Waals surface area (Å²) in [6.45, 7) is 9.72. The molecule has 0 spiro atoms. The highest BCUT2D eigenvalue weighted by molar-refractivity contribution is 6.34. The van der Waals surface area contributed by atoms with Crippen LogP contribution in [-0.2, 0) is 5.41 Å². The first-order valence-corrected chi connectivity index (χ1v) is 7.89. The lowest BCUT2D eigenvalue weighted by molar-refractivity contribution is 0.102. The highest BCUT2D eigenvalue weighted by atomic mass is 35.5. The molecule has 0 fully saturated rings. The molecular weight excluding hydrogens is 310 g/mol. The summed E-state index contributed by atoms with van der Waals surface area (Å²) >= 11 is 6.17. The molecule has 122 valence electrons. The maximum atomic E-state index is 12.6. The number of aromatic hydroxyl groups is 1. The molecule has 0 atom stereocenters. The van der Waals surface area contributed by atoms with Gasteiger partial charge in [-0.05, 0) is 42.5 Å². The van der Waals surface area contributed by atoms with Gasteiger partial charge in [-0.25, -0.2) is 0 Å². The second-order valence-corrected chi connectivity index (χ2v) is 7.25. The van der Waals surface area contributed by atoms with E-state index in [1.54, 1.807) is 19.1 Å².